The van der Waals surface area contributed by atoms with Crippen molar-refractivity contribution in [2.24, 2.45) is 0 Å². The van der Waals surface area contributed by atoms with E-state index in [2.05, 4.69) is 15.0 Å². The van der Waals surface area contributed by atoms with Gasteiger partial charge in [-0.3, -0.25) is 13.8 Å². The summed E-state index contributed by atoms with van der Waals surface area (Å²) in [5.41, 5.74) is 1.04. The molecule has 0 fully saturated rings. The number of hydrogen-bond donors (Lipinski definition) is 2. The maximum Gasteiger partial charge on any atom is 0.264 e. The van der Waals surface area contributed by atoms with Crippen LogP contribution in [-0.2, 0) is 20.0 Å². The van der Waals surface area contributed by atoms with Gasteiger partial charge in [-0.2, -0.15) is 0 Å². The molecule has 1 aromatic heterocycles. The normalized spacial score (nSPS) is 11.4. The first kappa shape index (κ1) is 26.6. The Kier molecular flexibility index (Phi) is 7.65. The van der Waals surface area contributed by atoms with E-state index < -0.39 is 26.0 Å². The number of methoxy groups -OCH3 is 1. The third-order valence-corrected chi connectivity index (χ3v) is 8.71. The van der Waals surface area contributed by atoms with Crippen LogP contribution in [0.15, 0.2) is 107 Å². The second-order valence-corrected chi connectivity index (χ2v) is 11.6. The number of pyridine rings is 1. The van der Waals surface area contributed by atoms with Gasteiger partial charge in [0.05, 0.1) is 22.6 Å². The number of aromatic nitrogens is 1. The van der Waals surface area contributed by atoms with Crippen LogP contribution in [0.3, 0.4) is 0 Å². The van der Waals surface area contributed by atoms with Gasteiger partial charge in [0.1, 0.15) is 11.6 Å². The number of sulfonamides is 2. The van der Waals surface area contributed by atoms with Crippen molar-refractivity contribution in [3.05, 3.63) is 103 Å². The van der Waals surface area contributed by atoms with Gasteiger partial charge in [0, 0.05) is 24.5 Å². The van der Waals surface area contributed by atoms with Crippen LogP contribution in [0, 0.1) is 0 Å². The number of benzene rings is 3. The number of amides is 1. The highest BCUT2D eigenvalue weighted by Gasteiger charge is 2.22. The fraction of sp³-hybridized carbons (Fsp3) is 0.0769. The van der Waals surface area contributed by atoms with E-state index in [1.54, 1.807) is 24.3 Å². The summed E-state index contributed by atoms with van der Waals surface area (Å²) < 4.78 is 59.6. The molecule has 0 aliphatic heterocycles. The van der Waals surface area contributed by atoms with Crippen LogP contribution in [0.25, 0.3) is 0 Å². The lowest BCUT2D eigenvalue weighted by Gasteiger charge is -2.20. The average molecular weight is 553 g/mol. The predicted molar refractivity (Wildman–Crippen MR) is 144 cm³/mol. The standard InChI is InChI=1S/C26H24N4O6S2/c1-30(38(34,35)24-16-12-22(36-2)13-17-24)21-10-6-19(7-11-21)26(31)28-20-8-14-23(15-9-20)37(32,33)29-25-5-3-4-18-27-25/h3-18H,1-2H3,(H,27,29)(H,28,31). The van der Waals surface area contributed by atoms with E-state index in [-0.39, 0.29) is 21.2 Å². The summed E-state index contributed by atoms with van der Waals surface area (Å²) in [4.78, 5) is 16.8. The summed E-state index contributed by atoms with van der Waals surface area (Å²) in [5.74, 6) is 0.287. The second kappa shape index (κ2) is 10.9. The van der Waals surface area contributed by atoms with Crippen LogP contribution in [0.4, 0.5) is 17.2 Å². The van der Waals surface area contributed by atoms with E-state index in [1.165, 1.54) is 87.1 Å². The Labute approximate surface area is 221 Å². The predicted octanol–water partition coefficient (Wildman–Crippen LogP) is 3.97. The molecule has 0 aliphatic rings. The van der Waals surface area contributed by atoms with Crippen LogP contribution in [0.2, 0.25) is 0 Å². The largest absolute Gasteiger partial charge is 0.497 e. The topological polar surface area (TPSA) is 135 Å². The van der Waals surface area contributed by atoms with Gasteiger partial charge in [-0.05, 0) is 84.9 Å². The molecule has 0 spiro atoms. The molecule has 4 aromatic rings. The molecular formula is C26H24N4O6S2. The van der Waals surface area contributed by atoms with Gasteiger partial charge in [0.25, 0.3) is 26.0 Å². The zero-order valence-electron chi connectivity index (χ0n) is 20.4. The monoisotopic (exact) mass is 552 g/mol. The fourth-order valence-corrected chi connectivity index (χ4v) is 5.61. The first-order valence-corrected chi connectivity index (χ1v) is 14.1. The van der Waals surface area contributed by atoms with Crippen LogP contribution in [0.5, 0.6) is 5.75 Å². The average Bonchev–Trinajstić information content (AvgIpc) is 2.93. The van der Waals surface area contributed by atoms with Crippen molar-refractivity contribution >= 4 is 43.1 Å². The van der Waals surface area contributed by atoms with Crippen LogP contribution < -0.4 is 19.1 Å². The lowest BCUT2D eigenvalue weighted by atomic mass is 10.2. The Hall–Kier alpha value is -4.42. The van der Waals surface area contributed by atoms with Gasteiger partial charge < -0.3 is 10.1 Å². The fourth-order valence-electron chi connectivity index (χ4n) is 3.41. The molecule has 10 nitrogen and oxygen atoms in total. The molecule has 0 atom stereocenters. The summed E-state index contributed by atoms with van der Waals surface area (Å²) in [5, 5.41) is 2.69. The molecule has 12 heteroatoms. The summed E-state index contributed by atoms with van der Waals surface area (Å²) in [6.07, 6.45) is 1.47. The number of nitrogens with zero attached hydrogens (tertiary/aromatic N) is 2. The van der Waals surface area contributed by atoms with Gasteiger partial charge in [0.2, 0.25) is 0 Å². The van der Waals surface area contributed by atoms with Crippen LogP contribution >= 0.6 is 0 Å². The first-order chi connectivity index (χ1) is 18.1. The Balaban J connectivity index is 1.42. The Morgan fingerprint density at radius 1 is 0.816 bits per heavy atom. The van der Waals surface area contributed by atoms with E-state index in [9.17, 15) is 21.6 Å². The summed E-state index contributed by atoms with van der Waals surface area (Å²) in [6, 6.07) is 22.6. The Morgan fingerprint density at radius 2 is 1.45 bits per heavy atom. The maximum atomic E-state index is 12.9. The highest BCUT2D eigenvalue weighted by molar-refractivity contribution is 7.93. The van der Waals surface area contributed by atoms with E-state index in [4.69, 9.17) is 4.74 Å². The molecule has 1 amide bonds. The van der Waals surface area contributed by atoms with Crippen molar-refractivity contribution in [1.82, 2.24) is 4.98 Å². The number of ether oxygens (including phenoxy) is 1. The molecule has 0 saturated heterocycles. The van der Waals surface area contributed by atoms with Gasteiger partial charge in [0.15, 0.2) is 0 Å². The summed E-state index contributed by atoms with van der Waals surface area (Å²) >= 11 is 0. The quantitative estimate of drug-likeness (QED) is 0.321. The van der Waals surface area contributed by atoms with Gasteiger partial charge in [-0.15, -0.1) is 0 Å². The molecule has 0 aliphatic carbocycles. The third-order valence-electron chi connectivity index (χ3n) is 5.54. The molecule has 196 valence electrons. The minimum atomic E-state index is -3.84. The molecule has 0 radical (unpaired) electrons. The SMILES string of the molecule is COc1ccc(S(=O)(=O)N(C)c2ccc(C(=O)Nc3ccc(S(=O)(=O)Nc4ccccn4)cc3)cc2)cc1. The number of hydrogen-bond acceptors (Lipinski definition) is 7. The van der Waals surface area contributed by atoms with E-state index >= 15 is 0 Å². The number of nitrogens with one attached hydrogen (secondary N) is 2. The third kappa shape index (κ3) is 5.93. The van der Waals surface area contributed by atoms with E-state index in [1.807, 2.05) is 0 Å². The van der Waals surface area contributed by atoms with Crippen molar-refractivity contribution in [2.45, 2.75) is 9.79 Å². The number of rotatable bonds is 9. The molecule has 0 bridgehead atoms. The zero-order chi connectivity index (χ0) is 27.3. The first-order valence-electron chi connectivity index (χ1n) is 11.2. The molecule has 1 heterocycles. The second-order valence-electron chi connectivity index (χ2n) is 7.99. The number of carbonyl (C=O) groups excluding carboxylic acids is 1. The smallest absolute Gasteiger partial charge is 0.264 e. The van der Waals surface area contributed by atoms with Gasteiger partial charge >= 0.3 is 0 Å². The van der Waals surface area contributed by atoms with Crippen LogP contribution in [0.1, 0.15) is 10.4 Å². The Morgan fingerprint density at radius 3 is 2.03 bits per heavy atom. The van der Waals surface area contributed by atoms with Crippen LogP contribution in [-0.4, -0.2) is 41.9 Å². The van der Waals surface area contributed by atoms with Crippen molar-refractivity contribution in [3.8, 4) is 5.75 Å². The lowest BCUT2D eigenvalue weighted by Crippen LogP contribution is -2.26. The maximum absolute atomic E-state index is 12.9. The molecule has 38 heavy (non-hydrogen) atoms. The molecule has 0 saturated carbocycles. The minimum absolute atomic E-state index is 0.00612. The van der Waals surface area contributed by atoms with E-state index in [0.717, 1.165) is 4.31 Å². The molecule has 3 aromatic carbocycles. The molecule has 2 N–H and O–H groups in total. The minimum Gasteiger partial charge on any atom is -0.497 e. The van der Waals surface area contributed by atoms with Crippen molar-refractivity contribution in [2.75, 3.05) is 28.5 Å². The molecule has 4 rings (SSSR count). The van der Waals surface area contributed by atoms with Crippen molar-refractivity contribution in [1.29, 1.82) is 0 Å². The van der Waals surface area contributed by atoms with Gasteiger partial charge in [-0.25, -0.2) is 21.8 Å². The molecule has 0 unspecified atom stereocenters. The van der Waals surface area contributed by atoms with Crippen molar-refractivity contribution in [3.63, 3.8) is 0 Å². The Bertz CT molecular complexity index is 1630. The summed E-state index contributed by atoms with van der Waals surface area (Å²) in [7, 11) is -4.74. The van der Waals surface area contributed by atoms with E-state index in [0.29, 0.717) is 17.1 Å². The lowest BCUT2D eigenvalue weighted by molar-refractivity contribution is 0.102. The molecular weight excluding hydrogens is 528 g/mol. The van der Waals surface area contributed by atoms with Gasteiger partial charge in [-0.1, -0.05) is 6.07 Å². The highest BCUT2D eigenvalue weighted by atomic mass is 32.2. The summed E-state index contributed by atoms with van der Waals surface area (Å²) in [6.45, 7) is 0. The highest BCUT2D eigenvalue weighted by Crippen LogP contribution is 2.24. The zero-order valence-corrected chi connectivity index (χ0v) is 22.0. The van der Waals surface area contributed by atoms with Crippen molar-refractivity contribution < 1.29 is 26.4 Å². The number of anilines is 3. The number of carbonyl (C=O) groups is 1.